The fraction of sp³-hybridized carbons (Fsp3) is 0.364. The van der Waals surface area contributed by atoms with Gasteiger partial charge in [0.15, 0.2) is 0 Å². The molecule has 1 amide bonds. The maximum atomic E-state index is 12.5. The number of hydrogen-bond acceptors (Lipinski definition) is 2. The highest BCUT2D eigenvalue weighted by Crippen LogP contribution is 2.23. The maximum Gasteiger partial charge on any atom is 0.383 e. The molecule has 0 aliphatic carbocycles. The van der Waals surface area contributed by atoms with Gasteiger partial charge in [-0.25, -0.2) is 8.78 Å². The first-order valence-electron chi connectivity index (χ1n) is 5.03. The largest absolute Gasteiger partial charge is 0.387 e. The summed E-state index contributed by atoms with van der Waals surface area (Å²) >= 11 is 0. The zero-order valence-corrected chi connectivity index (χ0v) is 9.12. The smallest absolute Gasteiger partial charge is 0.383 e. The summed E-state index contributed by atoms with van der Waals surface area (Å²) in [6.45, 7) is -0.564. The van der Waals surface area contributed by atoms with E-state index in [9.17, 15) is 27.5 Å². The summed E-state index contributed by atoms with van der Waals surface area (Å²) in [6.07, 6.45) is -5.31. The third-order valence-corrected chi connectivity index (χ3v) is 2.22. The van der Waals surface area contributed by atoms with Gasteiger partial charge >= 0.3 is 12.3 Å². The van der Waals surface area contributed by atoms with E-state index in [0.29, 0.717) is 5.56 Å². The van der Waals surface area contributed by atoms with Crippen molar-refractivity contribution in [2.45, 2.75) is 18.5 Å². The number of carbonyl (C=O) groups is 1. The Kier molecular flexibility index (Phi) is 4.66. The lowest BCUT2D eigenvalue weighted by atomic mass is 10.1. The zero-order valence-electron chi connectivity index (χ0n) is 9.12. The van der Waals surface area contributed by atoms with Crippen LogP contribution < -0.4 is 5.32 Å². The van der Waals surface area contributed by atoms with Gasteiger partial charge in [-0.2, -0.15) is 8.78 Å². The number of benzene rings is 1. The predicted molar refractivity (Wildman–Crippen MR) is 55.4 cm³/mol. The number of rotatable bonds is 5. The van der Waals surface area contributed by atoms with E-state index < -0.39 is 30.9 Å². The lowest BCUT2D eigenvalue weighted by molar-refractivity contribution is -0.169. The average molecular weight is 265 g/mol. The molecule has 0 heterocycles. The third kappa shape index (κ3) is 3.43. The second-order valence-corrected chi connectivity index (χ2v) is 3.56. The Bertz CT molecular complexity index is 397. The molecule has 3 nitrogen and oxygen atoms in total. The highest BCUT2D eigenvalue weighted by molar-refractivity contribution is 5.83. The fourth-order valence-electron chi connectivity index (χ4n) is 1.20. The number of carbonyl (C=O) groups excluding carboxylic acids is 1. The normalized spacial score (nSPS) is 13.4. The number of alkyl halides is 4. The standard InChI is InChI=1S/C11H11F4NO2/c12-9(13)11(14,15)10(18)16-6-8(17)7-4-2-1-3-5-7/h1-5,8-9,17H,6H2,(H,16,18). The van der Waals surface area contributed by atoms with Crippen LogP contribution in [0.15, 0.2) is 30.3 Å². The van der Waals surface area contributed by atoms with Crippen LogP contribution in [0, 0.1) is 0 Å². The highest BCUT2D eigenvalue weighted by Gasteiger charge is 2.48. The van der Waals surface area contributed by atoms with Crippen molar-refractivity contribution in [1.29, 1.82) is 0 Å². The Hall–Kier alpha value is -1.63. The molecular weight excluding hydrogens is 254 g/mol. The number of amides is 1. The van der Waals surface area contributed by atoms with E-state index in [0.717, 1.165) is 0 Å². The minimum Gasteiger partial charge on any atom is -0.387 e. The summed E-state index contributed by atoms with van der Waals surface area (Å²) < 4.78 is 48.8. The SMILES string of the molecule is O=C(NCC(O)c1ccccc1)C(F)(F)C(F)F. The van der Waals surface area contributed by atoms with Crippen LogP contribution in [0.4, 0.5) is 17.6 Å². The topological polar surface area (TPSA) is 49.3 Å². The molecule has 100 valence electrons. The van der Waals surface area contributed by atoms with E-state index in [1.54, 1.807) is 23.5 Å². The average Bonchev–Trinajstić information content (AvgIpc) is 2.36. The molecule has 18 heavy (non-hydrogen) atoms. The second-order valence-electron chi connectivity index (χ2n) is 3.56. The Morgan fingerprint density at radius 1 is 1.28 bits per heavy atom. The van der Waals surface area contributed by atoms with Crippen LogP contribution in [0.3, 0.4) is 0 Å². The van der Waals surface area contributed by atoms with Gasteiger partial charge < -0.3 is 10.4 Å². The molecule has 2 N–H and O–H groups in total. The molecule has 0 aliphatic rings. The first kappa shape index (κ1) is 14.4. The summed E-state index contributed by atoms with van der Waals surface area (Å²) in [7, 11) is 0. The van der Waals surface area contributed by atoms with E-state index in [1.165, 1.54) is 12.1 Å². The number of halogens is 4. The van der Waals surface area contributed by atoms with E-state index in [-0.39, 0.29) is 0 Å². The van der Waals surface area contributed by atoms with Gasteiger partial charge in [0.25, 0.3) is 5.91 Å². The molecule has 0 bridgehead atoms. The van der Waals surface area contributed by atoms with Crippen molar-refractivity contribution in [3.05, 3.63) is 35.9 Å². The molecule has 0 aliphatic heterocycles. The molecule has 1 unspecified atom stereocenters. The zero-order chi connectivity index (χ0) is 13.8. The maximum absolute atomic E-state index is 12.5. The summed E-state index contributed by atoms with van der Waals surface area (Å²) in [6, 6.07) is 7.92. The van der Waals surface area contributed by atoms with E-state index in [2.05, 4.69) is 0 Å². The first-order valence-corrected chi connectivity index (χ1v) is 5.03. The molecular formula is C11H11F4NO2. The third-order valence-electron chi connectivity index (χ3n) is 2.22. The highest BCUT2D eigenvalue weighted by atomic mass is 19.3. The van der Waals surface area contributed by atoms with Crippen LogP contribution in [0.5, 0.6) is 0 Å². The molecule has 0 radical (unpaired) electrons. The summed E-state index contributed by atoms with van der Waals surface area (Å²) in [5, 5.41) is 11.1. The number of aliphatic hydroxyl groups excluding tert-OH is 1. The van der Waals surface area contributed by atoms with Crippen molar-refractivity contribution >= 4 is 5.91 Å². The van der Waals surface area contributed by atoms with E-state index in [4.69, 9.17) is 0 Å². The molecule has 0 saturated carbocycles. The molecule has 0 aromatic heterocycles. The minimum absolute atomic E-state index is 0.387. The quantitative estimate of drug-likeness (QED) is 0.797. The first-order chi connectivity index (χ1) is 8.35. The molecule has 1 atom stereocenters. The Morgan fingerprint density at radius 3 is 2.33 bits per heavy atom. The summed E-state index contributed by atoms with van der Waals surface area (Å²) in [4.78, 5) is 10.8. The van der Waals surface area contributed by atoms with Crippen molar-refractivity contribution < 1.29 is 27.5 Å². The predicted octanol–water partition coefficient (Wildman–Crippen LogP) is 1.74. The van der Waals surface area contributed by atoms with Crippen molar-refractivity contribution in [2.75, 3.05) is 6.54 Å². The monoisotopic (exact) mass is 265 g/mol. The molecule has 7 heteroatoms. The van der Waals surface area contributed by atoms with E-state index in [1.807, 2.05) is 0 Å². The van der Waals surface area contributed by atoms with Crippen molar-refractivity contribution in [3.8, 4) is 0 Å². The number of aliphatic hydroxyl groups is 1. The lowest BCUT2D eigenvalue weighted by Gasteiger charge is -2.17. The number of nitrogens with one attached hydrogen (secondary N) is 1. The fourth-order valence-corrected chi connectivity index (χ4v) is 1.20. The summed E-state index contributed by atoms with van der Waals surface area (Å²) in [5.41, 5.74) is 0.387. The van der Waals surface area contributed by atoms with Gasteiger partial charge in [-0.05, 0) is 5.56 Å². The Balaban J connectivity index is 2.54. The van der Waals surface area contributed by atoms with Crippen molar-refractivity contribution in [2.24, 2.45) is 0 Å². The summed E-state index contributed by atoms with van der Waals surface area (Å²) in [5.74, 6) is -6.86. The number of hydrogen-bond donors (Lipinski definition) is 2. The molecule has 1 rings (SSSR count). The van der Waals surface area contributed by atoms with E-state index >= 15 is 0 Å². The lowest BCUT2D eigenvalue weighted by Crippen LogP contribution is -2.46. The van der Waals surface area contributed by atoms with Gasteiger partial charge in [0.1, 0.15) is 0 Å². The molecule has 0 fully saturated rings. The molecule has 1 aromatic carbocycles. The van der Waals surface area contributed by atoms with Crippen LogP contribution in [0.25, 0.3) is 0 Å². The second kappa shape index (κ2) is 5.81. The molecule has 0 spiro atoms. The Labute approximate surface area is 100 Å². The van der Waals surface area contributed by atoms with Gasteiger partial charge in [-0.1, -0.05) is 30.3 Å². The van der Waals surface area contributed by atoms with Crippen molar-refractivity contribution in [3.63, 3.8) is 0 Å². The van der Waals surface area contributed by atoms with Gasteiger partial charge in [-0.15, -0.1) is 0 Å². The molecule has 0 saturated heterocycles. The van der Waals surface area contributed by atoms with Gasteiger partial charge in [0.2, 0.25) is 0 Å². The van der Waals surface area contributed by atoms with Crippen LogP contribution >= 0.6 is 0 Å². The van der Waals surface area contributed by atoms with Crippen LogP contribution in [0.1, 0.15) is 11.7 Å². The van der Waals surface area contributed by atoms with Crippen LogP contribution in [0.2, 0.25) is 0 Å². The van der Waals surface area contributed by atoms with Crippen LogP contribution in [-0.4, -0.2) is 29.9 Å². The Morgan fingerprint density at radius 2 is 1.83 bits per heavy atom. The van der Waals surface area contributed by atoms with Gasteiger partial charge in [0.05, 0.1) is 6.10 Å². The minimum atomic E-state index is -4.75. The van der Waals surface area contributed by atoms with Crippen molar-refractivity contribution in [1.82, 2.24) is 5.32 Å². The van der Waals surface area contributed by atoms with Crippen LogP contribution in [-0.2, 0) is 4.79 Å². The van der Waals surface area contributed by atoms with Gasteiger partial charge in [0, 0.05) is 6.54 Å². The molecule has 1 aromatic rings. The van der Waals surface area contributed by atoms with Gasteiger partial charge in [-0.3, -0.25) is 4.79 Å².